The predicted molar refractivity (Wildman–Crippen MR) is 262 cm³/mol. The van der Waals surface area contributed by atoms with Crippen LogP contribution in [-0.2, 0) is 6.42 Å². The second kappa shape index (κ2) is 17.2. The molecule has 0 bridgehead atoms. The second-order valence-corrected chi connectivity index (χ2v) is 16.1. The average Bonchev–Trinajstić information content (AvgIpc) is 3.71. The van der Waals surface area contributed by atoms with E-state index >= 15 is 0 Å². The van der Waals surface area contributed by atoms with Crippen molar-refractivity contribution in [1.29, 1.82) is 5.26 Å². The highest BCUT2D eigenvalue weighted by molar-refractivity contribution is 6.15. The van der Waals surface area contributed by atoms with Gasteiger partial charge in [0, 0.05) is 22.6 Å². The van der Waals surface area contributed by atoms with Crippen LogP contribution in [0.15, 0.2) is 216 Å². The fourth-order valence-corrected chi connectivity index (χ4v) is 9.51. The molecule has 10 rings (SSSR count). The molecule has 0 radical (unpaired) electrons. The van der Waals surface area contributed by atoms with Crippen LogP contribution in [0.25, 0.3) is 61.2 Å². The minimum atomic E-state index is -0.0458. The van der Waals surface area contributed by atoms with Crippen molar-refractivity contribution in [2.75, 3.05) is 0 Å². The summed E-state index contributed by atoms with van der Waals surface area (Å²) in [5.41, 5.74) is 17.5. The zero-order valence-electron chi connectivity index (χ0n) is 35.5. The molecule has 0 amide bonds. The summed E-state index contributed by atoms with van der Waals surface area (Å²) in [6.07, 6.45) is 1.86. The highest BCUT2D eigenvalue weighted by Crippen LogP contribution is 2.43. The smallest absolute Gasteiger partial charge is 0.155 e. The monoisotopic (exact) mass is 810 g/mol. The number of aliphatic imine (C=N–C) groups is 2. The second-order valence-electron chi connectivity index (χ2n) is 16.1. The van der Waals surface area contributed by atoms with Crippen LogP contribution in [0.4, 0.5) is 0 Å². The molecular formula is C59H46N4. The number of nitriles is 1. The van der Waals surface area contributed by atoms with Crippen molar-refractivity contribution in [1.82, 2.24) is 4.57 Å². The van der Waals surface area contributed by atoms with E-state index < -0.39 is 0 Å². The van der Waals surface area contributed by atoms with Gasteiger partial charge in [-0.1, -0.05) is 190 Å². The zero-order chi connectivity index (χ0) is 42.7. The van der Waals surface area contributed by atoms with E-state index in [9.17, 15) is 5.26 Å². The van der Waals surface area contributed by atoms with Crippen LogP contribution in [0.3, 0.4) is 0 Å². The number of nitrogens with zero attached hydrogens (tertiary/aromatic N) is 4. The molecule has 2 heterocycles. The van der Waals surface area contributed by atoms with Gasteiger partial charge in [-0.3, -0.25) is 4.99 Å². The largest absolute Gasteiger partial charge is 0.309 e. The van der Waals surface area contributed by atoms with Gasteiger partial charge in [0.05, 0.1) is 34.6 Å². The predicted octanol–water partition coefficient (Wildman–Crippen LogP) is 14.7. The molecule has 4 heteroatoms. The third kappa shape index (κ3) is 7.39. The lowest BCUT2D eigenvalue weighted by Gasteiger charge is -2.30. The summed E-state index contributed by atoms with van der Waals surface area (Å²) in [6, 6.07) is 75.1. The summed E-state index contributed by atoms with van der Waals surface area (Å²) in [4.78, 5) is 10.7. The summed E-state index contributed by atoms with van der Waals surface area (Å²) in [5.74, 6) is 0.899. The standard InChI is InChI=1S/C59H46N4/c1-3-49-53-26-14-15-29-54(53)63(58(49)45-23-12-7-13-24-45)48-36-34-42(35-37-48)52-28-17-27-51(55(52)47-25-16-18-40(38-47)39-60)41-30-32-46(33-31-41)59-61-56(43-19-8-5-9-20-43)50(4-2)57(62-59)44-21-10-6-11-22-44/h5-38,50,56H,3-4H2,1-2H3. The Bertz CT molecular complexity index is 3170. The summed E-state index contributed by atoms with van der Waals surface area (Å²) < 4.78 is 2.41. The van der Waals surface area contributed by atoms with Crippen LogP contribution in [0.2, 0.25) is 0 Å². The highest BCUT2D eigenvalue weighted by Gasteiger charge is 2.31. The third-order valence-electron chi connectivity index (χ3n) is 12.5. The van der Waals surface area contributed by atoms with Gasteiger partial charge < -0.3 is 4.57 Å². The van der Waals surface area contributed by atoms with Crippen LogP contribution in [-0.4, -0.2) is 16.1 Å². The van der Waals surface area contributed by atoms with Crippen LogP contribution < -0.4 is 0 Å². The molecule has 1 aliphatic heterocycles. The molecule has 4 nitrogen and oxygen atoms in total. The van der Waals surface area contributed by atoms with Crippen LogP contribution in [0.1, 0.15) is 54.1 Å². The fraction of sp³-hybridized carbons (Fsp3) is 0.102. The van der Waals surface area contributed by atoms with Gasteiger partial charge in [-0.25, -0.2) is 4.99 Å². The van der Waals surface area contributed by atoms with Gasteiger partial charge in [0.1, 0.15) is 0 Å². The SMILES string of the molecule is CCc1c(-c2ccccc2)n(-c2ccc(-c3cccc(-c4ccc(C5=NC(c6ccccc6)C(CC)C(c6ccccc6)=N5)cc4)c3-c3cccc(C#N)c3)cc2)c2ccccc12. The van der Waals surface area contributed by atoms with Gasteiger partial charge in [-0.15, -0.1) is 0 Å². The van der Waals surface area contributed by atoms with Crippen molar-refractivity contribution in [2.24, 2.45) is 15.9 Å². The maximum absolute atomic E-state index is 10.0. The lowest BCUT2D eigenvalue weighted by Crippen LogP contribution is -2.28. The molecule has 0 N–H and O–H groups in total. The van der Waals surface area contributed by atoms with Gasteiger partial charge in [0.15, 0.2) is 5.84 Å². The number of hydrogen-bond donors (Lipinski definition) is 0. The quantitative estimate of drug-likeness (QED) is 0.136. The Morgan fingerprint density at radius 1 is 0.540 bits per heavy atom. The Kier molecular flexibility index (Phi) is 10.8. The normalized spacial score (nSPS) is 14.8. The Hall–Kier alpha value is -7.87. The molecule has 1 aromatic heterocycles. The fourth-order valence-electron chi connectivity index (χ4n) is 9.51. The number of aromatic nitrogens is 1. The van der Waals surface area contributed by atoms with Gasteiger partial charge >= 0.3 is 0 Å². The molecule has 0 saturated heterocycles. The molecule has 2 atom stereocenters. The number of para-hydroxylation sites is 1. The Balaban J connectivity index is 1.07. The van der Waals surface area contributed by atoms with E-state index in [0.29, 0.717) is 5.56 Å². The van der Waals surface area contributed by atoms with Gasteiger partial charge in [0.25, 0.3) is 0 Å². The topological polar surface area (TPSA) is 53.4 Å². The molecule has 9 aromatic rings. The molecule has 8 aromatic carbocycles. The average molecular weight is 811 g/mol. The number of aryl methyl sites for hydroxylation is 1. The molecule has 0 spiro atoms. The first-order valence-electron chi connectivity index (χ1n) is 21.9. The summed E-state index contributed by atoms with van der Waals surface area (Å²) in [7, 11) is 0. The van der Waals surface area contributed by atoms with E-state index in [-0.39, 0.29) is 12.0 Å². The zero-order valence-corrected chi connectivity index (χ0v) is 35.5. The maximum Gasteiger partial charge on any atom is 0.155 e. The van der Waals surface area contributed by atoms with Crippen LogP contribution >= 0.6 is 0 Å². The van der Waals surface area contributed by atoms with Gasteiger partial charge in [-0.2, -0.15) is 5.26 Å². The summed E-state index contributed by atoms with van der Waals surface area (Å²) in [5, 5.41) is 11.3. The molecule has 302 valence electrons. The lowest BCUT2D eigenvalue weighted by molar-refractivity contribution is 0.532. The Labute approximate surface area is 369 Å². The van der Waals surface area contributed by atoms with E-state index in [2.05, 4.69) is 213 Å². The number of benzene rings is 8. The molecule has 0 saturated carbocycles. The molecule has 0 fully saturated rings. The molecular weight excluding hydrogens is 765 g/mol. The molecule has 0 aliphatic carbocycles. The highest BCUT2D eigenvalue weighted by atomic mass is 15.0. The third-order valence-corrected chi connectivity index (χ3v) is 12.5. The van der Waals surface area contributed by atoms with E-state index in [4.69, 9.17) is 9.98 Å². The van der Waals surface area contributed by atoms with Crippen molar-refractivity contribution in [3.63, 3.8) is 0 Å². The van der Waals surface area contributed by atoms with Crippen LogP contribution in [0.5, 0.6) is 0 Å². The van der Waals surface area contributed by atoms with Crippen molar-refractivity contribution in [2.45, 2.75) is 32.7 Å². The van der Waals surface area contributed by atoms with Crippen molar-refractivity contribution in [3.05, 3.63) is 234 Å². The summed E-state index contributed by atoms with van der Waals surface area (Å²) in [6.45, 7) is 4.47. The molecule has 63 heavy (non-hydrogen) atoms. The number of rotatable bonds is 10. The Morgan fingerprint density at radius 2 is 1.11 bits per heavy atom. The van der Waals surface area contributed by atoms with Crippen molar-refractivity contribution < 1.29 is 0 Å². The van der Waals surface area contributed by atoms with E-state index in [1.807, 2.05) is 18.2 Å². The van der Waals surface area contributed by atoms with Crippen molar-refractivity contribution in [3.8, 4) is 56.4 Å². The first-order valence-corrected chi connectivity index (χ1v) is 21.9. The Morgan fingerprint density at radius 3 is 1.76 bits per heavy atom. The van der Waals surface area contributed by atoms with Gasteiger partial charge in [0.2, 0.25) is 0 Å². The first-order chi connectivity index (χ1) is 31.1. The number of amidine groups is 1. The van der Waals surface area contributed by atoms with Crippen LogP contribution in [0, 0.1) is 17.2 Å². The van der Waals surface area contributed by atoms with E-state index in [1.54, 1.807) is 0 Å². The van der Waals surface area contributed by atoms with E-state index in [1.165, 1.54) is 33.3 Å². The minimum Gasteiger partial charge on any atom is -0.309 e. The minimum absolute atomic E-state index is 0.0458. The molecule has 1 aliphatic rings. The number of fused-ring (bicyclic) bond motifs is 1. The van der Waals surface area contributed by atoms with E-state index in [0.717, 1.165) is 74.6 Å². The molecule has 2 unspecified atom stereocenters. The number of hydrogen-bond acceptors (Lipinski definition) is 3. The lowest BCUT2D eigenvalue weighted by atomic mass is 9.83. The first kappa shape index (κ1) is 39.3. The van der Waals surface area contributed by atoms with Gasteiger partial charge in [-0.05, 0) is 98.8 Å². The van der Waals surface area contributed by atoms with Crippen molar-refractivity contribution >= 4 is 22.5 Å². The maximum atomic E-state index is 10.0. The summed E-state index contributed by atoms with van der Waals surface area (Å²) >= 11 is 0.